The highest BCUT2D eigenvalue weighted by Crippen LogP contribution is 2.16. The maximum atomic E-state index is 12.1. The number of nitrogens with zero attached hydrogens (tertiary/aromatic N) is 2. The molecule has 22 heavy (non-hydrogen) atoms. The maximum absolute atomic E-state index is 12.1. The van der Waals surface area contributed by atoms with E-state index in [-0.39, 0.29) is 5.75 Å². The van der Waals surface area contributed by atoms with Crippen molar-refractivity contribution in [1.29, 1.82) is 0 Å². The van der Waals surface area contributed by atoms with E-state index in [4.69, 9.17) is 4.18 Å². The zero-order chi connectivity index (χ0) is 15.6. The molecule has 0 fully saturated rings. The normalized spacial score (nSPS) is 11.7. The average Bonchev–Trinajstić information content (AvgIpc) is 2.81. The minimum absolute atomic E-state index is 0.108. The number of hydrogen-bond donors (Lipinski definition) is 0. The lowest BCUT2D eigenvalue weighted by atomic mass is 10.3. The van der Waals surface area contributed by atoms with Crippen LogP contribution in [0.1, 0.15) is 5.82 Å². The van der Waals surface area contributed by atoms with E-state index in [9.17, 15) is 8.42 Å². The third-order valence-corrected chi connectivity index (χ3v) is 4.51. The molecule has 0 saturated carbocycles. The van der Waals surface area contributed by atoms with Gasteiger partial charge in [-0.2, -0.15) is 8.42 Å². The van der Waals surface area contributed by atoms with Crippen LogP contribution < -0.4 is 4.18 Å². The van der Waals surface area contributed by atoms with E-state index in [0.29, 0.717) is 12.3 Å². The molecule has 3 rings (SSSR count). The molecule has 3 aromatic rings. The van der Waals surface area contributed by atoms with Gasteiger partial charge in [-0.3, -0.25) is 0 Å². The van der Waals surface area contributed by atoms with Crippen molar-refractivity contribution in [1.82, 2.24) is 9.55 Å². The van der Waals surface area contributed by atoms with Crippen molar-refractivity contribution in [3.05, 3.63) is 60.4 Å². The SMILES string of the molecule is Cc1nc2ccccc2n1CCS(=O)(=O)Oc1ccccc1. The molecule has 0 radical (unpaired) electrons. The van der Waals surface area contributed by atoms with E-state index in [1.807, 2.05) is 35.8 Å². The number of rotatable bonds is 5. The summed E-state index contributed by atoms with van der Waals surface area (Å²) in [7, 11) is -3.64. The first-order valence-corrected chi connectivity index (χ1v) is 8.52. The van der Waals surface area contributed by atoms with Crippen molar-refractivity contribution in [2.24, 2.45) is 0 Å². The molecule has 0 aliphatic carbocycles. The van der Waals surface area contributed by atoms with Crippen molar-refractivity contribution in [2.45, 2.75) is 13.5 Å². The first kappa shape index (κ1) is 14.6. The smallest absolute Gasteiger partial charge is 0.310 e. The molecule has 0 spiro atoms. The third-order valence-electron chi connectivity index (χ3n) is 3.38. The molecule has 114 valence electrons. The number of imidazole rings is 1. The van der Waals surface area contributed by atoms with Crippen LogP contribution in [0.5, 0.6) is 5.75 Å². The molecule has 0 unspecified atom stereocenters. The van der Waals surface area contributed by atoms with Gasteiger partial charge in [-0.05, 0) is 31.2 Å². The van der Waals surface area contributed by atoms with E-state index in [0.717, 1.165) is 16.9 Å². The van der Waals surface area contributed by atoms with Gasteiger partial charge < -0.3 is 8.75 Å². The Morgan fingerprint density at radius 1 is 1.05 bits per heavy atom. The first-order chi connectivity index (χ1) is 10.6. The van der Waals surface area contributed by atoms with E-state index in [1.54, 1.807) is 30.3 Å². The molecule has 1 aromatic heterocycles. The molecule has 0 atom stereocenters. The van der Waals surface area contributed by atoms with E-state index >= 15 is 0 Å². The minimum atomic E-state index is -3.64. The monoisotopic (exact) mass is 316 g/mol. The molecule has 0 saturated heterocycles. The average molecular weight is 316 g/mol. The fraction of sp³-hybridized carbons (Fsp3) is 0.188. The summed E-state index contributed by atoms with van der Waals surface area (Å²) in [5.41, 5.74) is 1.79. The summed E-state index contributed by atoms with van der Waals surface area (Å²) in [6.45, 7) is 2.17. The number of fused-ring (bicyclic) bond motifs is 1. The van der Waals surface area contributed by atoms with Crippen LogP contribution in [0.25, 0.3) is 11.0 Å². The van der Waals surface area contributed by atoms with Crippen LogP contribution in [0.2, 0.25) is 0 Å². The summed E-state index contributed by atoms with van der Waals surface area (Å²) in [6.07, 6.45) is 0. The van der Waals surface area contributed by atoms with Gasteiger partial charge >= 0.3 is 10.1 Å². The van der Waals surface area contributed by atoms with Crippen LogP contribution in [0.15, 0.2) is 54.6 Å². The minimum Gasteiger partial charge on any atom is -0.382 e. The van der Waals surface area contributed by atoms with Gasteiger partial charge in [-0.25, -0.2) is 4.98 Å². The van der Waals surface area contributed by atoms with Crippen LogP contribution in [-0.4, -0.2) is 23.7 Å². The molecule has 2 aromatic carbocycles. The summed E-state index contributed by atoms with van der Waals surface area (Å²) in [5, 5.41) is 0. The second kappa shape index (κ2) is 5.81. The lowest BCUT2D eigenvalue weighted by Gasteiger charge is -2.09. The summed E-state index contributed by atoms with van der Waals surface area (Å²) in [4.78, 5) is 4.43. The van der Waals surface area contributed by atoms with Gasteiger partial charge in [0.05, 0.1) is 11.0 Å². The summed E-state index contributed by atoms with van der Waals surface area (Å²) in [6, 6.07) is 16.2. The molecule has 0 amide bonds. The second-order valence-corrected chi connectivity index (χ2v) is 6.65. The van der Waals surface area contributed by atoms with Gasteiger partial charge in [-0.15, -0.1) is 0 Å². The Balaban J connectivity index is 1.77. The van der Waals surface area contributed by atoms with Gasteiger partial charge in [0.15, 0.2) is 0 Å². The molecular weight excluding hydrogens is 300 g/mol. The van der Waals surface area contributed by atoms with Crippen molar-refractivity contribution >= 4 is 21.2 Å². The van der Waals surface area contributed by atoms with Crippen molar-refractivity contribution < 1.29 is 12.6 Å². The molecular formula is C16H16N2O3S. The van der Waals surface area contributed by atoms with Crippen LogP contribution in [0, 0.1) is 6.92 Å². The quantitative estimate of drug-likeness (QED) is 0.679. The maximum Gasteiger partial charge on any atom is 0.310 e. The van der Waals surface area contributed by atoms with E-state index < -0.39 is 10.1 Å². The zero-order valence-electron chi connectivity index (χ0n) is 12.1. The highest BCUT2D eigenvalue weighted by molar-refractivity contribution is 7.87. The van der Waals surface area contributed by atoms with E-state index in [2.05, 4.69) is 4.98 Å². The lowest BCUT2D eigenvalue weighted by Crippen LogP contribution is -2.18. The Morgan fingerprint density at radius 2 is 1.73 bits per heavy atom. The fourth-order valence-electron chi connectivity index (χ4n) is 2.35. The Bertz CT molecular complexity index is 886. The number of para-hydroxylation sites is 3. The molecule has 0 aliphatic rings. The number of hydrogen-bond acceptors (Lipinski definition) is 4. The van der Waals surface area contributed by atoms with Crippen molar-refractivity contribution in [3.63, 3.8) is 0 Å². The van der Waals surface area contributed by atoms with Crippen LogP contribution in [0.4, 0.5) is 0 Å². The summed E-state index contributed by atoms with van der Waals surface area (Å²) in [5.74, 6) is 1.01. The van der Waals surface area contributed by atoms with E-state index in [1.165, 1.54) is 0 Å². The Kier molecular flexibility index (Phi) is 3.85. The van der Waals surface area contributed by atoms with Gasteiger partial charge in [0.25, 0.3) is 0 Å². The number of aryl methyl sites for hydroxylation is 2. The highest BCUT2D eigenvalue weighted by atomic mass is 32.2. The number of aromatic nitrogens is 2. The zero-order valence-corrected chi connectivity index (χ0v) is 13.0. The number of benzene rings is 2. The van der Waals surface area contributed by atoms with Gasteiger partial charge in [0.2, 0.25) is 0 Å². The molecule has 5 nitrogen and oxygen atoms in total. The summed E-state index contributed by atoms with van der Waals surface area (Å²) >= 11 is 0. The summed E-state index contributed by atoms with van der Waals surface area (Å²) < 4.78 is 31.2. The fourth-order valence-corrected chi connectivity index (χ4v) is 3.24. The topological polar surface area (TPSA) is 61.2 Å². The predicted octanol–water partition coefficient (Wildman–Crippen LogP) is 2.75. The van der Waals surface area contributed by atoms with Gasteiger partial charge in [0, 0.05) is 6.54 Å². The molecule has 1 heterocycles. The third kappa shape index (κ3) is 3.12. The Hall–Kier alpha value is -2.34. The van der Waals surface area contributed by atoms with Crippen LogP contribution in [-0.2, 0) is 16.7 Å². The molecule has 0 bridgehead atoms. The molecule has 0 aliphatic heterocycles. The Morgan fingerprint density at radius 3 is 2.50 bits per heavy atom. The molecule has 0 N–H and O–H groups in total. The largest absolute Gasteiger partial charge is 0.382 e. The van der Waals surface area contributed by atoms with Crippen LogP contribution in [0.3, 0.4) is 0 Å². The Labute approximate surface area is 129 Å². The first-order valence-electron chi connectivity index (χ1n) is 6.94. The highest BCUT2D eigenvalue weighted by Gasteiger charge is 2.15. The van der Waals surface area contributed by atoms with Gasteiger partial charge in [-0.1, -0.05) is 30.3 Å². The van der Waals surface area contributed by atoms with Crippen molar-refractivity contribution in [3.8, 4) is 5.75 Å². The predicted molar refractivity (Wildman–Crippen MR) is 85.3 cm³/mol. The lowest BCUT2D eigenvalue weighted by molar-refractivity contribution is 0.481. The molecule has 6 heteroatoms. The van der Waals surface area contributed by atoms with Crippen LogP contribution >= 0.6 is 0 Å². The standard InChI is InChI=1S/C16H16N2O3S/c1-13-17-15-9-5-6-10-16(15)18(13)11-12-22(19,20)21-14-7-3-2-4-8-14/h2-10H,11-12H2,1H3. The van der Waals surface area contributed by atoms with Crippen molar-refractivity contribution in [2.75, 3.05) is 5.75 Å². The second-order valence-electron chi connectivity index (χ2n) is 4.96. The van der Waals surface area contributed by atoms with Gasteiger partial charge in [0.1, 0.15) is 17.3 Å².